The summed E-state index contributed by atoms with van der Waals surface area (Å²) in [6.07, 6.45) is 7.23. The summed E-state index contributed by atoms with van der Waals surface area (Å²) in [5, 5.41) is 6.55. The maximum atomic E-state index is 14.7. The van der Waals surface area contributed by atoms with E-state index < -0.39 is 11.8 Å². The van der Waals surface area contributed by atoms with Crippen LogP contribution in [0.25, 0.3) is 10.9 Å². The number of nitrogens with one attached hydrogen (secondary N) is 3. The standard InChI is InChI=1S/C22H28FN3O3/c1-2-29-22(28)20-18(23)16-12-14(8-9-17(16)26-20)25-21(27)19-15(10-11-24-19)13-6-4-3-5-7-13/h8-9,12-13,15,19,24,26H,2-7,10-11H2,1H3,(H,25,27)/t15?,19-/m0/s1. The van der Waals surface area contributed by atoms with E-state index in [4.69, 9.17) is 4.74 Å². The molecule has 7 heteroatoms. The van der Waals surface area contributed by atoms with Crippen LogP contribution >= 0.6 is 0 Å². The van der Waals surface area contributed by atoms with Crippen molar-refractivity contribution in [2.75, 3.05) is 18.5 Å². The summed E-state index contributed by atoms with van der Waals surface area (Å²) in [4.78, 5) is 27.6. The van der Waals surface area contributed by atoms with E-state index in [0.717, 1.165) is 13.0 Å². The number of carbonyl (C=O) groups is 2. The predicted molar refractivity (Wildman–Crippen MR) is 109 cm³/mol. The van der Waals surface area contributed by atoms with Gasteiger partial charge in [-0.25, -0.2) is 9.18 Å². The molecule has 2 aromatic rings. The van der Waals surface area contributed by atoms with E-state index in [9.17, 15) is 14.0 Å². The van der Waals surface area contributed by atoms with E-state index in [1.54, 1.807) is 25.1 Å². The van der Waals surface area contributed by atoms with Crippen LogP contribution in [-0.4, -0.2) is 36.1 Å². The molecular formula is C22H28FN3O3. The van der Waals surface area contributed by atoms with E-state index in [-0.39, 0.29) is 29.6 Å². The second-order valence-electron chi connectivity index (χ2n) is 8.07. The van der Waals surface area contributed by atoms with Crippen LogP contribution in [0.2, 0.25) is 0 Å². The van der Waals surface area contributed by atoms with Gasteiger partial charge in [0, 0.05) is 16.6 Å². The highest BCUT2D eigenvalue weighted by atomic mass is 19.1. The lowest BCUT2D eigenvalue weighted by Gasteiger charge is -2.30. The molecular weight excluding hydrogens is 373 g/mol. The molecule has 0 spiro atoms. The first kappa shape index (κ1) is 19.9. The molecule has 4 rings (SSSR count). The first-order chi connectivity index (χ1) is 14.1. The fourth-order valence-electron chi connectivity index (χ4n) is 4.88. The van der Waals surface area contributed by atoms with Crippen LogP contribution in [-0.2, 0) is 9.53 Å². The maximum absolute atomic E-state index is 14.7. The van der Waals surface area contributed by atoms with Crippen LogP contribution in [0.15, 0.2) is 18.2 Å². The van der Waals surface area contributed by atoms with Crippen molar-refractivity contribution in [1.82, 2.24) is 10.3 Å². The highest BCUT2D eigenvalue weighted by molar-refractivity contribution is 5.99. The zero-order valence-corrected chi connectivity index (χ0v) is 16.7. The molecule has 0 bridgehead atoms. The van der Waals surface area contributed by atoms with Crippen LogP contribution in [0.1, 0.15) is 55.9 Å². The summed E-state index contributed by atoms with van der Waals surface area (Å²) in [7, 11) is 0. The lowest BCUT2D eigenvalue weighted by Crippen LogP contribution is -2.42. The Hall–Kier alpha value is -2.41. The zero-order valence-electron chi connectivity index (χ0n) is 16.7. The SMILES string of the molecule is CCOC(=O)c1[nH]c2ccc(NC(=O)[C@H]3NCCC3C3CCCCC3)cc2c1F. The van der Waals surface area contributed by atoms with E-state index in [1.807, 2.05) is 0 Å². The number of benzene rings is 1. The van der Waals surface area contributed by atoms with Gasteiger partial charge in [0.2, 0.25) is 5.91 Å². The Morgan fingerprint density at radius 1 is 1.21 bits per heavy atom. The largest absolute Gasteiger partial charge is 0.461 e. The second kappa shape index (κ2) is 8.53. The van der Waals surface area contributed by atoms with Crippen LogP contribution in [0.3, 0.4) is 0 Å². The summed E-state index contributed by atoms with van der Waals surface area (Å²) in [5.74, 6) is -0.491. The quantitative estimate of drug-likeness (QED) is 0.662. The molecule has 1 aromatic carbocycles. The van der Waals surface area contributed by atoms with Crippen LogP contribution in [0.5, 0.6) is 0 Å². The number of esters is 1. The normalized spacial score (nSPS) is 22.7. The van der Waals surface area contributed by atoms with Crippen LogP contribution < -0.4 is 10.6 Å². The molecule has 29 heavy (non-hydrogen) atoms. The van der Waals surface area contributed by atoms with Crippen molar-refractivity contribution in [2.24, 2.45) is 11.8 Å². The third-order valence-corrected chi connectivity index (χ3v) is 6.29. The molecule has 2 aliphatic rings. The van der Waals surface area contributed by atoms with Crippen LogP contribution in [0.4, 0.5) is 10.1 Å². The smallest absolute Gasteiger partial charge is 0.357 e. The first-order valence-corrected chi connectivity index (χ1v) is 10.6. The Morgan fingerprint density at radius 2 is 2.00 bits per heavy atom. The minimum atomic E-state index is -0.725. The first-order valence-electron chi connectivity index (χ1n) is 10.6. The minimum Gasteiger partial charge on any atom is -0.461 e. The number of rotatable bonds is 5. The number of halogens is 1. The van der Waals surface area contributed by atoms with Gasteiger partial charge in [0.1, 0.15) is 0 Å². The van der Waals surface area contributed by atoms with Crippen molar-refractivity contribution in [1.29, 1.82) is 0 Å². The summed E-state index contributed by atoms with van der Waals surface area (Å²) in [6, 6.07) is 4.74. The molecule has 3 N–H and O–H groups in total. The van der Waals surface area contributed by atoms with Gasteiger partial charge in [-0.15, -0.1) is 0 Å². The monoisotopic (exact) mass is 401 g/mol. The minimum absolute atomic E-state index is 0.0704. The lowest BCUT2D eigenvalue weighted by atomic mass is 9.76. The van der Waals surface area contributed by atoms with Gasteiger partial charge in [-0.1, -0.05) is 32.1 Å². The Kier molecular flexibility index (Phi) is 5.85. The van der Waals surface area contributed by atoms with E-state index in [0.29, 0.717) is 23.0 Å². The third-order valence-electron chi connectivity index (χ3n) is 6.29. The van der Waals surface area contributed by atoms with Crippen molar-refractivity contribution < 1.29 is 18.7 Å². The molecule has 1 aromatic heterocycles. The van der Waals surface area contributed by atoms with Crippen LogP contribution in [0, 0.1) is 17.7 Å². The molecule has 1 saturated carbocycles. The number of carbonyl (C=O) groups excluding carboxylic acids is 2. The summed E-state index contributed by atoms with van der Waals surface area (Å²) in [5.41, 5.74) is 0.815. The van der Waals surface area contributed by atoms with E-state index in [2.05, 4.69) is 15.6 Å². The van der Waals surface area contributed by atoms with Crippen molar-refractivity contribution >= 4 is 28.5 Å². The number of hydrogen-bond donors (Lipinski definition) is 3. The Labute approximate surface area is 169 Å². The fourth-order valence-corrected chi connectivity index (χ4v) is 4.88. The van der Waals surface area contributed by atoms with Crippen molar-refractivity contribution in [3.8, 4) is 0 Å². The van der Waals surface area contributed by atoms with Gasteiger partial charge in [-0.05, 0) is 49.9 Å². The van der Waals surface area contributed by atoms with Gasteiger partial charge in [0.15, 0.2) is 11.5 Å². The number of H-pyrrole nitrogens is 1. The number of anilines is 1. The average Bonchev–Trinajstić information content (AvgIpc) is 3.34. The van der Waals surface area contributed by atoms with Gasteiger partial charge >= 0.3 is 5.97 Å². The number of hydrogen-bond acceptors (Lipinski definition) is 4. The summed E-state index contributed by atoms with van der Waals surface area (Å²) < 4.78 is 19.6. The van der Waals surface area contributed by atoms with Gasteiger partial charge in [0.25, 0.3) is 0 Å². The second-order valence-corrected chi connectivity index (χ2v) is 8.07. The molecule has 6 nitrogen and oxygen atoms in total. The van der Waals surface area contributed by atoms with Crippen molar-refractivity contribution in [2.45, 2.75) is 51.5 Å². The van der Waals surface area contributed by atoms with E-state index >= 15 is 0 Å². The average molecular weight is 401 g/mol. The van der Waals surface area contributed by atoms with Gasteiger partial charge < -0.3 is 20.4 Å². The number of ether oxygens (including phenoxy) is 1. The zero-order chi connectivity index (χ0) is 20.4. The molecule has 1 amide bonds. The molecule has 1 unspecified atom stereocenters. The highest BCUT2D eigenvalue weighted by Crippen LogP contribution is 2.36. The lowest BCUT2D eigenvalue weighted by molar-refractivity contribution is -0.119. The number of fused-ring (bicyclic) bond motifs is 1. The van der Waals surface area contributed by atoms with Crippen molar-refractivity contribution in [3.05, 3.63) is 29.7 Å². The third kappa shape index (κ3) is 4.01. The molecule has 1 aliphatic heterocycles. The molecule has 2 atom stereocenters. The van der Waals surface area contributed by atoms with Crippen molar-refractivity contribution in [3.63, 3.8) is 0 Å². The molecule has 156 valence electrons. The molecule has 2 fully saturated rings. The number of aromatic nitrogens is 1. The van der Waals surface area contributed by atoms with Gasteiger partial charge in [0.05, 0.1) is 12.6 Å². The number of amides is 1. The topological polar surface area (TPSA) is 83.2 Å². The molecule has 1 aliphatic carbocycles. The fraction of sp³-hybridized carbons (Fsp3) is 0.545. The maximum Gasteiger partial charge on any atom is 0.357 e. The highest BCUT2D eigenvalue weighted by Gasteiger charge is 2.38. The summed E-state index contributed by atoms with van der Waals surface area (Å²) in [6.45, 7) is 2.70. The molecule has 1 saturated heterocycles. The van der Waals surface area contributed by atoms with E-state index in [1.165, 1.54) is 32.1 Å². The summed E-state index contributed by atoms with van der Waals surface area (Å²) >= 11 is 0. The predicted octanol–water partition coefficient (Wildman–Crippen LogP) is 3.98. The Morgan fingerprint density at radius 3 is 2.76 bits per heavy atom. The molecule has 0 radical (unpaired) electrons. The molecule has 2 heterocycles. The Balaban J connectivity index is 1.50. The van der Waals surface area contributed by atoms with Gasteiger partial charge in [-0.3, -0.25) is 4.79 Å². The number of aromatic amines is 1. The Bertz CT molecular complexity index is 904. The van der Waals surface area contributed by atoms with Gasteiger partial charge in [-0.2, -0.15) is 0 Å².